The fourth-order valence-corrected chi connectivity index (χ4v) is 4.02. The first-order valence-electron chi connectivity index (χ1n) is 9.94. The molecule has 0 aliphatic rings. The van der Waals surface area contributed by atoms with Crippen molar-refractivity contribution in [1.82, 2.24) is 0 Å². The molecule has 0 atom stereocenters. The van der Waals surface area contributed by atoms with Crippen LogP contribution >= 0.6 is 34.2 Å². The largest absolute Gasteiger partial charge is 0.493 e. The summed E-state index contributed by atoms with van der Waals surface area (Å²) < 4.78 is 12.1. The Labute approximate surface area is 206 Å². The van der Waals surface area contributed by atoms with E-state index >= 15 is 0 Å². The summed E-state index contributed by atoms with van der Waals surface area (Å²) in [5.41, 5.74) is 5.67. The lowest BCUT2D eigenvalue weighted by molar-refractivity contribution is -0.118. The van der Waals surface area contributed by atoms with Crippen molar-refractivity contribution in [2.75, 3.05) is 19.0 Å². The summed E-state index contributed by atoms with van der Waals surface area (Å²) in [5.74, 6) is 0.752. The molecule has 0 heterocycles. The minimum Gasteiger partial charge on any atom is -0.493 e. The zero-order valence-electron chi connectivity index (χ0n) is 18.3. The van der Waals surface area contributed by atoms with Crippen LogP contribution in [0.15, 0.2) is 53.5 Å². The number of halogens is 2. The van der Waals surface area contributed by atoms with Gasteiger partial charge in [-0.3, -0.25) is 9.79 Å². The standard InChI is InChI=1S/C25H24ClIN2O3/c1-15-5-8-22(17(3)9-15)28-13-18-10-21(27)25(23(11-18)31-4)32-14-24(30)29-19-7-6-16(2)20(26)12-19/h5-13H,14H2,1-4H3,(H,29,30). The van der Waals surface area contributed by atoms with Gasteiger partial charge in [-0.1, -0.05) is 35.4 Å². The number of carbonyl (C=O) groups is 1. The van der Waals surface area contributed by atoms with Crippen LogP contribution in [0.3, 0.4) is 0 Å². The number of hydrogen-bond acceptors (Lipinski definition) is 4. The molecule has 0 bridgehead atoms. The molecule has 32 heavy (non-hydrogen) atoms. The minimum absolute atomic E-state index is 0.159. The fourth-order valence-electron chi connectivity index (χ4n) is 3.05. The molecule has 5 nitrogen and oxygen atoms in total. The van der Waals surface area contributed by atoms with E-state index in [1.165, 1.54) is 5.56 Å². The third kappa shape index (κ3) is 6.23. The zero-order chi connectivity index (χ0) is 23.3. The summed E-state index contributed by atoms with van der Waals surface area (Å²) in [4.78, 5) is 16.9. The first-order valence-corrected chi connectivity index (χ1v) is 11.4. The van der Waals surface area contributed by atoms with Crippen LogP contribution in [-0.4, -0.2) is 25.8 Å². The monoisotopic (exact) mass is 562 g/mol. The quantitative estimate of drug-likeness (QED) is 0.259. The SMILES string of the molecule is COc1cc(C=Nc2ccc(C)cc2C)cc(I)c1OCC(=O)Nc1ccc(C)c(Cl)c1. The molecule has 3 aromatic carbocycles. The maximum absolute atomic E-state index is 12.3. The Balaban J connectivity index is 1.71. The Morgan fingerprint density at radius 2 is 1.88 bits per heavy atom. The van der Waals surface area contributed by atoms with Crippen molar-refractivity contribution in [1.29, 1.82) is 0 Å². The maximum atomic E-state index is 12.3. The van der Waals surface area contributed by atoms with E-state index in [4.69, 9.17) is 21.1 Å². The molecule has 0 saturated heterocycles. The number of aliphatic imine (C=N–C) groups is 1. The minimum atomic E-state index is -0.289. The highest BCUT2D eigenvalue weighted by atomic mass is 127. The number of carbonyl (C=O) groups excluding carboxylic acids is 1. The van der Waals surface area contributed by atoms with Gasteiger partial charge >= 0.3 is 0 Å². The third-order valence-corrected chi connectivity index (χ3v) is 5.97. The summed E-state index contributed by atoms with van der Waals surface area (Å²) in [7, 11) is 1.57. The topological polar surface area (TPSA) is 59.9 Å². The molecule has 0 saturated carbocycles. The molecule has 3 aromatic rings. The van der Waals surface area contributed by atoms with Crippen LogP contribution < -0.4 is 14.8 Å². The lowest BCUT2D eigenvalue weighted by atomic mass is 10.1. The van der Waals surface area contributed by atoms with Crippen LogP contribution in [0.2, 0.25) is 5.02 Å². The summed E-state index contributed by atoms with van der Waals surface area (Å²) in [6.07, 6.45) is 1.79. The Bertz CT molecular complexity index is 1180. The average molecular weight is 563 g/mol. The van der Waals surface area contributed by atoms with E-state index in [1.807, 2.05) is 44.2 Å². The highest BCUT2D eigenvalue weighted by molar-refractivity contribution is 14.1. The van der Waals surface area contributed by atoms with E-state index in [1.54, 1.807) is 25.5 Å². The number of hydrogen-bond donors (Lipinski definition) is 1. The van der Waals surface area contributed by atoms with Gasteiger partial charge in [-0.15, -0.1) is 0 Å². The van der Waals surface area contributed by atoms with Crippen LogP contribution in [0.1, 0.15) is 22.3 Å². The van der Waals surface area contributed by atoms with Crippen LogP contribution in [-0.2, 0) is 4.79 Å². The number of ether oxygens (including phenoxy) is 2. The third-order valence-electron chi connectivity index (χ3n) is 4.76. The van der Waals surface area contributed by atoms with E-state index in [9.17, 15) is 4.79 Å². The van der Waals surface area contributed by atoms with E-state index in [0.29, 0.717) is 22.2 Å². The van der Waals surface area contributed by atoms with Crippen molar-refractivity contribution in [3.8, 4) is 11.5 Å². The second-order valence-electron chi connectivity index (χ2n) is 7.38. The van der Waals surface area contributed by atoms with E-state index < -0.39 is 0 Å². The number of anilines is 1. The Hall–Kier alpha value is -2.58. The van der Waals surface area contributed by atoms with Gasteiger partial charge in [-0.25, -0.2) is 0 Å². The van der Waals surface area contributed by atoms with Gasteiger partial charge in [0.05, 0.1) is 16.4 Å². The van der Waals surface area contributed by atoms with E-state index in [0.717, 1.165) is 25.9 Å². The Kier molecular flexibility index (Phi) is 8.15. The molecule has 1 N–H and O–H groups in total. The molecule has 166 valence electrons. The molecule has 0 aromatic heterocycles. The van der Waals surface area contributed by atoms with E-state index in [2.05, 4.69) is 45.9 Å². The number of benzene rings is 3. The van der Waals surface area contributed by atoms with Gasteiger partial charge in [0.15, 0.2) is 18.1 Å². The van der Waals surface area contributed by atoms with Gasteiger partial charge in [-0.2, -0.15) is 0 Å². The normalized spacial score (nSPS) is 10.9. The van der Waals surface area contributed by atoms with E-state index in [-0.39, 0.29) is 12.5 Å². The predicted octanol–water partition coefficient (Wildman–Crippen LogP) is 6.65. The van der Waals surface area contributed by atoms with Gasteiger partial charge in [0.25, 0.3) is 5.91 Å². The molecule has 1 amide bonds. The second kappa shape index (κ2) is 10.8. The van der Waals surface area contributed by atoms with Crippen LogP contribution in [0, 0.1) is 24.3 Å². The number of rotatable bonds is 7. The Morgan fingerprint density at radius 3 is 2.56 bits per heavy atom. The number of aryl methyl sites for hydroxylation is 3. The molecular formula is C25H24ClIN2O3. The Morgan fingerprint density at radius 1 is 1.09 bits per heavy atom. The van der Waals surface area contributed by atoms with Crippen molar-refractivity contribution in [3.05, 3.63) is 79.4 Å². The van der Waals surface area contributed by atoms with Crippen LogP contribution in [0.25, 0.3) is 0 Å². The van der Waals surface area contributed by atoms with Crippen molar-refractivity contribution in [3.63, 3.8) is 0 Å². The predicted molar refractivity (Wildman–Crippen MR) is 139 cm³/mol. The second-order valence-corrected chi connectivity index (χ2v) is 8.95. The summed E-state index contributed by atoms with van der Waals surface area (Å²) >= 11 is 8.28. The van der Waals surface area contributed by atoms with Gasteiger partial charge in [0.2, 0.25) is 0 Å². The zero-order valence-corrected chi connectivity index (χ0v) is 21.2. The van der Waals surface area contributed by atoms with Crippen molar-refractivity contribution >= 4 is 57.7 Å². The molecule has 0 fully saturated rings. The number of methoxy groups -OCH3 is 1. The van der Waals surface area contributed by atoms with Crippen LogP contribution in [0.5, 0.6) is 11.5 Å². The molecular weight excluding hydrogens is 539 g/mol. The highest BCUT2D eigenvalue weighted by Gasteiger charge is 2.14. The molecule has 0 spiro atoms. The first kappa shape index (κ1) is 24.1. The smallest absolute Gasteiger partial charge is 0.262 e. The molecule has 0 radical (unpaired) electrons. The molecule has 0 aliphatic heterocycles. The van der Waals surface area contributed by atoms with Crippen molar-refractivity contribution in [2.45, 2.75) is 20.8 Å². The summed E-state index contributed by atoms with van der Waals surface area (Å²) in [6, 6.07) is 15.3. The number of nitrogens with zero attached hydrogens (tertiary/aromatic N) is 1. The lowest BCUT2D eigenvalue weighted by Crippen LogP contribution is -2.20. The van der Waals surface area contributed by atoms with Gasteiger partial charge in [0.1, 0.15) is 0 Å². The average Bonchev–Trinajstić information content (AvgIpc) is 2.74. The number of nitrogens with one attached hydrogen (secondary N) is 1. The van der Waals surface area contributed by atoms with Crippen molar-refractivity contribution < 1.29 is 14.3 Å². The maximum Gasteiger partial charge on any atom is 0.262 e. The van der Waals surface area contributed by atoms with Gasteiger partial charge in [0, 0.05) is 16.9 Å². The fraction of sp³-hybridized carbons (Fsp3) is 0.200. The van der Waals surface area contributed by atoms with Crippen LogP contribution in [0.4, 0.5) is 11.4 Å². The molecule has 0 aliphatic carbocycles. The molecule has 0 unspecified atom stereocenters. The molecule has 3 rings (SSSR count). The van der Waals surface area contributed by atoms with Gasteiger partial charge < -0.3 is 14.8 Å². The lowest BCUT2D eigenvalue weighted by Gasteiger charge is -2.14. The molecule has 7 heteroatoms. The van der Waals surface area contributed by atoms with Crippen molar-refractivity contribution in [2.24, 2.45) is 4.99 Å². The first-order chi connectivity index (χ1) is 15.3. The van der Waals surface area contributed by atoms with Gasteiger partial charge in [-0.05, 0) is 90.4 Å². The summed E-state index contributed by atoms with van der Waals surface area (Å²) in [5, 5.41) is 3.38. The highest BCUT2D eigenvalue weighted by Crippen LogP contribution is 2.34. The summed E-state index contributed by atoms with van der Waals surface area (Å²) in [6.45, 7) is 5.84. The number of amides is 1.